The Morgan fingerprint density at radius 2 is 1.94 bits per heavy atom. The molecule has 8 nitrogen and oxygen atoms in total. The Balaban J connectivity index is 1.68. The van der Waals surface area contributed by atoms with Crippen LogP contribution in [0.25, 0.3) is 16.9 Å². The number of methoxy groups -OCH3 is 1. The SMILES string of the molecule is CCN(CCOC)c1cccc(NC(=O)c2cnc3cc(C)c(-c4ccccc4C(F)(F)F)nn23)n1. The Morgan fingerprint density at radius 1 is 1.17 bits per heavy atom. The Kier molecular flexibility index (Phi) is 7.20. The number of fused-ring (bicyclic) bond motifs is 1. The predicted molar refractivity (Wildman–Crippen MR) is 130 cm³/mol. The second kappa shape index (κ2) is 10.3. The zero-order valence-electron chi connectivity index (χ0n) is 20.0. The summed E-state index contributed by atoms with van der Waals surface area (Å²) in [5.41, 5.74) is 0.135. The highest BCUT2D eigenvalue weighted by molar-refractivity contribution is 6.03. The number of pyridine rings is 1. The molecule has 4 rings (SSSR count). The van der Waals surface area contributed by atoms with Crippen molar-refractivity contribution < 1.29 is 22.7 Å². The average molecular weight is 499 g/mol. The summed E-state index contributed by atoms with van der Waals surface area (Å²) in [6.07, 6.45) is -3.22. The van der Waals surface area contributed by atoms with Gasteiger partial charge in [-0.15, -0.1) is 0 Å². The topological polar surface area (TPSA) is 84.6 Å². The summed E-state index contributed by atoms with van der Waals surface area (Å²) in [5.74, 6) is 0.446. The molecule has 1 amide bonds. The monoisotopic (exact) mass is 498 g/mol. The number of rotatable bonds is 8. The number of nitrogens with one attached hydrogen (secondary N) is 1. The van der Waals surface area contributed by atoms with Crippen molar-refractivity contribution in [3.63, 3.8) is 0 Å². The van der Waals surface area contributed by atoms with Gasteiger partial charge in [-0.1, -0.05) is 24.3 Å². The maximum atomic E-state index is 13.6. The van der Waals surface area contributed by atoms with Crippen LogP contribution in [0.5, 0.6) is 0 Å². The zero-order chi connectivity index (χ0) is 25.9. The largest absolute Gasteiger partial charge is 0.417 e. The molecule has 1 aromatic carbocycles. The van der Waals surface area contributed by atoms with Gasteiger partial charge in [0.15, 0.2) is 11.3 Å². The molecule has 0 fully saturated rings. The molecule has 188 valence electrons. The number of halogens is 3. The fraction of sp³-hybridized carbons (Fsp3) is 0.280. The highest BCUT2D eigenvalue weighted by Crippen LogP contribution is 2.37. The molecule has 0 saturated heterocycles. The quantitative estimate of drug-likeness (QED) is 0.374. The number of likely N-dealkylation sites (N-methyl/N-ethyl adjacent to an activating group) is 1. The molecule has 0 atom stereocenters. The number of amides is 1. The average Bonchev–Trinajstić information content (AvgIpc) is 3.26. The first-order valence-corrected chi connectivity index (χ1v) is 11.3. The second-order valence-electron chi connectivity index (χ2n) is 8.04. The second-order valence-corrected chi connectivity index (χ2v) is 8.04. The fourth-order valence-electron chi connectivity index (χ4n) is 3.85. The molecule has 0 bridgehead atoms. The molecule has 0 saturated carbocycles. The van der Waals surface area contributed by atoms with Gasteiger partial charge >= 0.3 is 6.18 Å². The first-order valence-electron chi connectivity index (χ1n) is 11.3. The lowest BCUT2D eigenvalue weighted by Gasteiger charge is -2.21. The summed E-state index contributed by atoms with van der Waals surface area (Å²) in [6.45, 7) is 5.51. The Labute approximate surface area is 205 Å². The first kappa shape index (κ1) is 25.1. The van der Waals surface area contributed by atoms with E-state index in [1.165, 1.54) is 28.9 Å². The standard InChI is InChI=1S/C25H25F3N6O2/c1-4-33(12-13-36-3)21-11-7-10-20(30-21)31-24(35)19-15-29-22-14-16(2)23(32-34(19)22)17-8-5-6-9-18(17)25(26,27)28/h5-11,14-15H,4,12-13H2,1-3H3,(H,30,31,35). The van der Waals surface area contributed by atoms with Gasteiger partial charge in [-0.25, -0.2) is 14.5 Å². The van der Waals surface area contributed by atoms with Gasteiger partial charge in [0.1, 0.15) is 11.6 Å². The minimum Gasteiger partial charge on any atom is -0.383 e. The summed E-state index contributed by atoms with van der Waals surface area (Å²) in [7, 11) is 1.62. The number of aromatic nitrogens is 4. The predicted octanol–water partition coefficient (Wildman–Crippen LogP) is 4.84. The molecule has 0 aliphatic heterocycles. The van der Waals surface area contributed by atoms with Gasteiger partial charge in [0.25, 0.3) is 5.91 Å². The van der Waals surface area contributed by atoms with E-state index in [9.17, 15) is 18.0 Å². The van der Waals surface area contributed by atoms with Gasteiger partial charge < -0.3 is 15.0 Å². The van der Waals surface area contributed by atoms with Gasteiger partial charge in [-0.3, -0.25) is 4.79 Å². The van der Waals surface area contributed by atoms with E-state index in [4.69, 9.17) is 4.74 Å². The first-order chi connectivity index (χ1) is 17.2. The molecule has 3 aromatic heterocycles. The van der Waals surface area contributed by atoms with Crippen LogP contribution < -0.4 is 10.2 Å². The lowest BCUT2D eigenvalue weighted by Crippen LogP contribution is -2.28. The van der Waals surface area contributed by atoms with E-state index >= 15 is 0 Å². The third kappa shape index (κ3) is 5.15. The Morgan fingerprint density at radius 3 is 2.67 bits per heavy atom. The van der Waals surface area contributed by atoms with E-state index in [2.05, 4.69) is 20.4 Å². The lowest BCUT2D eigenvalue weighted by molar-refractivity contribution is -0.137. The van der Waals surface area contributed by atoms with Gasteiger partial charge in [-0.05, 0) is 43.7 Å². The minimum absolute atomic E-state index is 0.0645. The van der Waals surface area contributed by atoms with Crippen molar-refractivity contribution in [2.45, 2.75) is 20.0 Å². The molecule has 0 aliphatic carbocycles. The molecule has 11 heteroatoms. The van der Waals surface area contributed by atoms with Crippen LogP contribution in [0, 0.1) is 6.92 Å². The van der Waals surface area contributed by atoms with E-state index in [0.29, 0.717) is 42.5 Å². The third-order valence-corrected chi connectivity index (χ3v) is 5.65. The number of benzene rings is 1. The number of nitrogens with zero attached hydrogens (tertiary/aromatic N) is 5. The van der Waals surface area contributed by atoms with Crippen molar-refractivity contribution in [3.05, 3.63) is 71.5 Å². The number of hydrogen-bond donors (Lipinski definition) is 1. The smallest absolute Gasteiger partial charge is 0.383 e. The van der Waals surface area contributed by atoms with Gasteiger partial charge in [-0.2, -0.15) is 18.3 Å². The number of ether oxygens (including phenoxy) is 1. The van der Waals surface area contributed by atoms with Crippen LogP contribution in [0.2, 0.25) is 0 Å². The van der Waals surface area contributed by atoms with Crippen LogP contribution in [-0.4, -0.2) is 52.3 Å². The molecule has 0 aliphatic rings. The third-order valence-electron chi connectivity index (χ3n) is 5.65. The number of carbonyl (C=O) groups excluding carboxylic acids is 1. The van der Waals surface area contributed by atoms with Crippen molar-refractivity contribution in [2.24, 2.45) is 0 Å². The number of hydrogen-bond acceptors (Lipinski definition) is 6. The number of aryl methyl sites for hydroxylation is 1. The molecular weight excluding hydrogens is 473 g/mol. The van der Waals surface area contributed by atoms with Crippen LogP contribution in [0.1, 0.15) is 28.5 Å². The number of imidazole rings is 1. The van der Waals surface area contributed by atoms with Gasteiger partial charge in [0.2, 0.25) is 0 Å². The van der Waals surface area contributed by atoms with Gasteiger partial charge in [0.05, 0.1) is 24.1 Å². The van der Waals surface area contributed by atoms with Crippen LogP contribution in [0.15, 0.2) is 54.7 Å². The summed E-state index contributed by atoms with van der Waals surface area (Å²) >= 11 is 0. The van der Waals surface area contributed by atoms with Crippen LogP contribution in [-0.2, 0) is 10.9 Å². The molecule has 4 aromatic rings. The fourth-order valence-corrected chi connectivity index (χ4v) is 3.85. The minimum atomic E-state index is -4.55. The van der Waals surface area contributed by atoms with Crippen molar-refractivity contribution in [3.8, 4) is 11.3 Å². The number of carbonyl (C=O) groups is 1. The molecular formula is C25H25F3N6O2. The molecule has 3 heterocycles. The number of anilines is 2. The number of alkyl halides is 3. The van der Waals surface area contributed by atoms with E-state index in [0.717, 1.165) is 6.07 Å². The highest BCUT2D eigenvalue weighted by atomic mass is 19.4. The summed E-state index contributed by atoms with van der Waals surface area (Å²) in [4.78, 5) is 23.8. The van der Waals surface area contributed by atoms with Crippen molar-refractivity contribution in [2.75, 3.05) is 37.0 Å². The molecule has 0 unspecified atom stereocenters. The van der Waals surface area contributed by atoms with Crippen LogP contribution in [0.3, 0.4) is 0 Å². The molecule has 0 radical (unpaired) electrons. The highest BCUT2D eigenvalue weighted by Gasteiger charge is 2.34. The van der Waals surface area contributed by atoms with Crippen molar-refractivity contribution in [1.82, 2.24) is 19.6 Å². The summed E-state index contributed by atoms with van der Waals surface area (Å²) in [5, 5.41) is 7.12. The van der Waals surface area contributed by atoms with Crippen molar-refractivity contribution >= 4 is 23.2 Å². The van der Waals surface area contributed by atoms with E-state index in [1.54, 1.807) is 32.2 Å². The molecule has 36 heavy (non-hydrogen) atoms. The molecule has 0 spiro atoms. The summed E-state index contributed by atoms with van der Waals surface area (Å²) in [6, 6.07) is 12.1. The lowest BCUT2D eigenvalue weighted by atomic mass is 10.0. The van der Waals surface area contributed by atoms with Gasteiger partial charge in [0, 0.05) is 25.8 Å². The van der Waals surface area contributed by atoms with Crippen LogP contribution in [0.4, 0.5) is 24.8 Å². The van der Waals surface area contributed by atoms with Crippen LogP contribution >= 0.6 is 0 Å². The van der Waals surface area contributed by atoms with E-state index < -0.39 is 17.6 Å². The van der Waals surface area contributed by atoms with E-state index in [-0.39, 0.29) is 17.0 Å². The maximum Gasteiger partial charge on any atom is 0.417 e. The Hall–Kier alpha value is -3.99. The van der Waals surface area contributed by atoms with Crippen molar-refractivity contribution in [1.29, 1.82) is 0 Å². The summed E-state index contributed by atoms with van der Waals surface area (Å²) < 4.78 is 47.3. The molecule has 1 N–H and O–H groups in total. The normalized spacial score (nSPS) is 11.6. The Bertz CT molecular complexity index is 1390. The van der Waals surface area contributed by atoms with E-state index in [1.807, 2.05) is 17.9 Å². The zero-order valence-corrected chi connectivity index (χ0v) is 20.0. The maximum absolute atomic E-state index is 13.6.